The van der Waals surface area contributed by atoms with Crippen LogP contribution in [-0.4, -0.2) is 36.2 Å². The Morgan fingerprint density at radius 2 is 1.15 bits per heavy atom. The first-order valence-corrected chi connectivity index (χ1v) is 12.5. The third-order valence-electron chi connectivity index (χ3n) is 6.42. The Kier molecular flexibility index (Phi) is 8.14. The molecule has 2 N–H and O–H groups in total. The minimum Gasteiger partial charge on any atom is -0.454 e. The van der Waals surface area contributed by atoms with Crippen molar-refractivity contribution in [3.8, 4) is 0 Å². The second-order valence-electron chi connectivity index (χ2n) is 9.35. The number of benzene rings is 2. The second-order valence-corrected chi connectivity index (χ2v) is 10.2. The van der Waals surface area contributed by atoms with E-state index in [1.165, 1.54) is 0 Å². The van der Waals surface area contributed by atoms with E-state index >= 15 is 0 Å². The number of nitrogens with one attached hydrogen (secondary N) is 2. The maximum atomic E-state index is 12.6. The third kappa shape index (κ3) is 6.51. The van der Waals surface area contributed by atoms with Crippen LogP contribution in [0.2, 0.25) is 10.0 Å². The number of carbonyl (C=O) groups excluding carboxylic acids is 2. The van der Waals surface area contributed by atoms with Gasteiger partial charge < -0.3 is 20.1 Å². The average molecular weight is 505 g/mol. The van der Waals surface area contributed by atoms with Gasteiger partial charge in [0.15, 0.2) is 0 Å². The van der Waals surface area contributed by atoms with E-state index in [1.807, 2.05) is 62.4 Å². The van der Waals surface area contributed by atoms with Gasteiger partial charge in [-0.25, -0.2) is 9.59 Å². The number of rotatable bonds is 4. The second kappa shape index (κ2) is 11.1. The van der Waals surface area contributed by atoms with Crippen molar-refractivity contribution in [2.24, 2.45) is 0 Å². The molecule has 2 aromatic rings. The molecule has 6 atom stereocenters. The zero-order valence-corrected chi connectivity index (χ0v) is 20.8. The quantitative estimate of drug-likeness (QED) is 0.443. The number of esters is 2. The molecule has 4 rings (SSSR count). The fourth-order valence-corrected chi connectivity index (χ4v) is 5.37. The van der Waals surface area contributed by atoms with Crippen LogP contribution < -0.4 is 10.6 Å². The van der Waals surface area contributed by atoms with Gasteiger partial charge in [0.2, 0.25) is 0 Å². The zero-order chi connectivity index (χ0) is 24.2. The first kappa shape index (κ1) is 25.0. The van der Waals surface area contributed by atoms with Crippen molar-refractivity contribution in [1.82, 2.24) is 10.6 Å². The van der Waals surface area contributed by atoms with E-state index in [9.17, 15) is 9.59 Å². The fraction of sp³-hybridized carbons (Fsp3) is 0.462. The van der Waals surface area contributed by atoms with Crippen molar-refractivity contribution in [2.45, 2.75) is 75.9 Å². The maximum Gasteiger partial charge on any atom is 0.417 e. The SMILES string of the molecule is C[C@@H]1C[C@H](OC(=O)C(=O)O[C@H]2C[C@@H](C)N[C@@H](c3cccc(Cl)c3)C2)C[C@H](c2cccc(Cl)c2)N1. The van der Waals surface area contributed by atoms with Gasteiger partial charge in [-0.05, 0) is 62.1 Å². The van der Waals surface area contributed by atoms with Crippen LogP contribution in [0.1, 0.15) is 62.7 Å². The molecular formula is C26H30Cl2N2O4. The third-order valence-corrected chi connectivity index (χ3v) is 6.89. The predicted molar refractivity (Wildman–Crippen MR) is 132 cm³/mol. The van der Waals surface area contributed by atoms with E-state index in [0.717, 1.165) is 11.1 Å². The molecule has 2 fully saturated rings. The summed E-state index contributed by atoms with van der Waals surface area (Å²) in [7, 11) is 0. The van der Waals surface area contributed by atoms with E-state index in [4.69, 9.17) is 32.7 Å². The summed E-state index contributed by atoms with van der Waals surface area (Å²) in [6.07, 6.45) is 1.60. The summed E-state index contributed by atoms with van der Waals surface area (Å²) < 4.78 is 11.2. The fourth-order valence-electron chi connectivity index (χ4n) is 4.97. The Morgan fingerprint density at radius 3 is 1.53 bits per heavy atom. The Labute approximate surface area is 210 Å². The average Bonchev–Trinajstić information content (AvgIpc) is 2.78. The van der Waals surface area contributed by atoms with Gasteiger partial charge in [0.25, 0.3) is 0 Å². The van der Waals surface area contributed by atoms with Crippen molar-refractivity contribution in [1.29, 1.82) is 0 Å². The van der Waals surface area contributed by atoms with E-state index in [-0.39, 0.29) is 36.4 Å². The molecule has 2 aromatic carbocycles. The highest BCUT2D eigenvalue weighted by Gasteiger charge is 2.34. The van der Waals surface area contributed by atoms with Crippen LogP contribution >= 0.6 is 23.2 Å². The largest absolute Gasteiger partial charge is 0.454 e. The summed E-state index contributed by atoms with van der Waals surface area (Å²) in [5.74, 6) is -1.87. The van der Waals surface area contributed by atoms with Gasteiger partial charge in [0.05, 0.1) is 0 Å². The highest BCUT2D eigenvalue weighted by atomic mass is 35.5. The molecule has 2 heterocycles. The molecule has 0 amide bonds. The molecule has 6 nitrogen and oxygen atoms in total. The minimum atomic E-state index is -0.936. The number of piperidine rings is 2. The number of ether oxygens (including phenoxy) is 2. The Hall–Kier alpha value is -2.12. The molecule has 0 aliphatic carbocycles. The number of halogens is 2. The van der Waals surface area contributed by atoms with Gasteiger partial charge in [-0.1, -0.05) is 47.5 Å². The molecule has 182 valence electrons. The van der Waals surface area contributed by atoms with Crippen LogP contribution in [0.5, 0.6) is 0 Å². The van der Waals surface area contributed by atoms with Gasteiger partial charge in [-0.15, -0.1) is 0 Å². The summed E-state index contributed by atoms with van der Waals surface area (Å²) in [5.41, 5.74) is 2.05. The van der Waals surface area contributed by atoms with Crippen LogP contribution in [0.4, 0.5) is 0 Å². The minimum absolute atomic E-state index is 0.0139. The first-order valence-electron chi connectivity index (χ1n) is 11.7. The number of hydrogen-bond donors (Lipinski definition) is 2. The standard InChI is InChI=1S/C26H30Cl2N2O4/c1-15-9-21(13-23(29-15)17-5-3-7-19(27)11-17)33-25(31)26(32)34-22-10-16(2)30-24(14-22)18-6-4-8-20(28)12-18/h3-8,11-12,15-16,21-24,29-30H,9-10,13-14H2,1-2H3/t15-,16-,21+,22+,23-,24-/m1/s1. The summed E-state index contributed by atoms with van der Waals surface area (Å²) in [5, 5.41) is 8.32. The molecule has 2 aliphatic heterocycles. The molecule has 8 heteroatoms. The topological polar surface area (TPSA) is 76.7 Å². The lowest BCUT2D eigenvalue weighted by atomic mass is 9.92. The van der Waals surface area contributed by atoms with Gasteiger partial charge in [0, 0.05) is 47.1 Å². The Balaban J connectivity index is 1.34. The van der Waals surface area contributed by atoms with Crippen molar-refractivity contribution in [2.75, 3.05) is 0 Å². The van der Waals surface area contributed by atoms with E-state index in [2.05, 4.69) is 10.6 Å². The molecule has 2 aliphatic rings. The molecule has 0 unspecified atom stereocenters. The normalized spacial score (nSPS) is 29.3. The monoisotopic (exact) mass is 504 g/mol. The van der Waals surface area contributed by atoms with E-state index < -0.39 is 11.9 Å². The lowest BCUT2D eigenvalue weighted by Gasteiger charge is -2.35. The van der Waals surface area contributed by atoms with Gasteiger partial charge >= 0.3 is 11.9 Å². The van der Waals surface area contributed by atoms with Crippen molar-refractivity contribution in [3.05, 3.63) is 69.7 Å². The van der Waals surface area contributed by atoms with E-state index in [0.29, 0.717) is 35.7 Å². The summed E-state index contributed by atoms with van der Waals surface area (Å²) in [6.45, 7) is 4.06. The van der Waals surface area contributed by atoms with E-state index in [1.54, 1.807) is 0 Å². The number of carbonyl (C=O) groups is 2. The lowest BCUT2D eigenvalue weighted by molar-refractivity contribution is -0.176. The van der Waals surface area contributed by atoms with Crippen molar-refractivity contribution in [3.63, 3.8) is 0 Å². The molecule has 0 saturated carbocycles. The summed E-state index contributed by atoms with van der Waals surface area (Å²) >= 11 is 12.3. The predicted octanol–water partition coefficient (Wildman–Crippen LogP) is 5.14. The summed E-state index contributed by atoms with van der Waals surface area (Å²) in [4.78, 5) is 25.2. The number of hydrogen-bond acceptors (Lipinski definition) is 6. The maximum absolute atomic E-state index is 12.6. The van der Waals surface area contributed by atoms with Gasteiger partial charge in [0.1, 0.15) is 12.2 Å². The van der Waals surface area contributed by atoms with Crippen LogP contribution in [0.3, 0.4) is 0 Å². The lowest BCUT2D eigenvalue weighted by Crippen LogP contribution is -2.45. The van der Waals surface area contributed by atoms with Crippen LogP contribution in [0, 0.1) is 0 Å². The summed E-state index contributed by atoms with van der Waals surface area (Å²) in [6, 6.07) is 15.4. The molecule has 0 aromatic heterocycles. The Bertz CT molecular complexity index is 952. The molecule has 0 bridgehead atoms. The Morgan fingerprint density at radius 1 is 0.735 bits per heavy atom. The van der Waals surface area contributed by atoms with Crippen LogP contribution in [0.25, 0.3) is 0 Å². The molecule has 0 radical (unpaired) electrons. The van der Waals surface area contributed by atoms with Crippen molar-refractivity contribution >= 4 is 35.1 Å². The first-order chi connectivity index (χ1) is 16.3. The molecule has 0 spiro atoms. The molecule has 34 heavy (non-hydrogen) atoms. The highest BCUT2D eigenvalue weighted by Crippen LogP contribution is 2.31. The van der Waals surface area contributed by atoms with Gasteiger partial charge in [-0.3, -0.25) is 0 Å². The van der Waals surface area contributed by atoms with Crippen LogP contribution in [0.15, 0.2) is 48.5 Å². The molecule has 2 saturated heterocycles. The van der Waals surface area contributed by atoms with Crippen LogP contribution in [-0.2, 0) is 19.1 Å². The van der Waals surface area contributed by atoms with Crippen molar-refractivity contribution < 1.29 is 19.1 Å². The zero-order valence-electron chi connectivity index (χ0n) is 19.3. The highest BCUT2D eigenvalue weighted by molar-refractivity contribution is 6.31. The van der Waals surface area contributed by atoms with Gasteiger partial charge in [-0.2, -0.15) is 0 Å². The smallest absolute Gasteiger partial charge is 0.417 e. The molecular weight excluding hydrogens is 475 g/mol.